The van der Waals surface area contributed by atoms with Gasteiger partial charge in [0.05, 0.1) is 4.99 Å². The van der Waals surface area contributed by atoms with Crippen LogP contribution in [0.15, 0.2) is 0 Å². The average molecular weight is 250 g/mol. The predicted molar refractivity (Wildman–Crippen MR) is 65.1 cm³/mol. The second-order valence-corrected chi connectivity index (χ2v) is 6.41. The fourth-order valence-corrected chi connectivity index (χ4v) is 3.23. The van der Waals surface area contributed by atoms with Crippen LogP contribution in [0.1, 0.15) is 32.6 Å². The summed E-state index contributed by atoms with van der Waals surface area (Å²) >= 11 is 4.59. The Balaban J connectivity index is 2.44. The topological polar surface area (TPSA) is 72.2 Å². The maximum absolute atomic E-state index is 11.5. The maximum atomic E-state index is 11.5. The Morgan fingerprint density at radius 1 is 1.60 bits per heavy atom. The van der Waals surface area contributed by atoms with Crippen molar-refractivity contribution in [3.63, 3.8) is 0 Å². The zero-order chi connectivity index (χ0) is 11.5. The molecule has 0 aromatic carbocycles. The first-order valence-electron chi connectivity index (χ1n) is 5.21. The molecule has 1 unspecified atom stereocenters. The second kappa shape index (κ2) is 5.23. The van der Waals surface area contributed by atoms with Gasteiger partial charge in [0.25, 0.3) is 0 Å². The van der Waals surface area contributed by atoms with Gasteiger partial charge in [-0.2, -0.15) is 0 Å². The lowest BCUT2D eigenvalue weighted by Crippen LogP contribution is -2.39. The van der Waals surface area contributed by atoms with Crippen LogP contribution in [-0.2, 0) is 10.0 Å². The van der Waals surface area contributed by atoms with Gasteiger partial charge in [0.2, 0.25) is 10.0 Å². The van der Waals surface area contributed by atoms with Gasteiger partial charge >= 0.3 is 0 Å². The minimum atomic E-state index is -3.33. The van der Waals surface area contributed by atoms with Gasteiger partial charge in [-0.3, -0.25) is 0 Å². The third kappa shape index (κ3) is 5.44. The molecule has 88 valence electrons. The standard InChI is InChI=1S/C9H18N2O2S2/c1-2-8(5-7-3-4-7)11-15(12,13)6-9(10)14/h7-8,11H,2-6H2,1H3,(H2,10,14). The summed E-state index contributed by atoms with van der Waals surface area (Å²) in [6.45, 7) is 1.98. The van der Waals surface area contributed by atoms with Crippen molar-refractivity contribution in [1.29, 1.82) is 0 Å². The largest absolute Gasteiger partial charge is 0.392 e. The number of nitrogens with two attached hydrogens (primary N) is 1. The van der Waals surface area contributed by atoms with Crippen LogP contribution in [0.2, 0.25) is 0 Å². The van der Waals surface area contributed by atoms with E-state index in [1.165, 1.54) is 12.8 Å². The fraction of sp³-hybridized carbons (Fsp3) is 0.889. The summed E-state index contributed by atoms with van der Waals surface area (Å²) in [5.74, 6) is 0.464. The molecule has 1 saturated carbocycles. The lowest BCUT2D eigenvalue weighted by atomic mass is 10.1. The Labute approximate surface area is 96.7 Å². The molecule has 0 bridgehead atoms. The van der Waals surface area contributed by atoms with E-state index < -0.39 is 10.0 Å². The molecule has 0 heterocycles. The molecule has 1 fully saturated rings. The summed E-state index contributed by atoms with van der Waals surface area (Å²) in [4.78, 5) is 0.0174. The van der Waals surface area contributed by atoms with E-state index in [-0.39, 0.29) is 16.8 Å². The molecular formula is C9H18N2O2S2. The van der Waals surface area contributed by atoms with Crippen LogP contribution < -0.4 is 10.5 Å². The monoisotopic (exact) mass is 250 g/mol. The van der Waals surface area contributed by atoms with Crippen molar-refractivity contribution in [2.75, 3.05) is 5.75 Å². The fourth-order valence-electron chi connectivity index (χ4n) is 1.54. The lowest BCUT2D eigenvalue weighted by Gasteiger charge is -2.16. The van der Waals surface area contributed by atoms with E-state index in [1.54, 1.807) is 0 Å². The van der Waals surface area contributed by atoms with Gasteiger partial charge in [-0.1, -0.05) is 32.0 Å². The average Bonchev–Trinajstić information content (AvgIpc) is 2.83. The highest BCUT2D eigenvalue weighted by Crippen LogP contribution is 2.34. The molecule has 6 heteroatoms. The van der Waals surface area contributed by atoms with Crippen molar-refractivity contribution in [3.05, 3.63) is 0 Å². The Hall–Kier alpha value is -0.200. The third-order valence-corrected chi connectivity index (χ3v) is 4.20. The summed E-state index contributed by atoms with van der Waals surface area (Å²) in [5.41, 5.74) is 5.22. The SMILES string of the molecule is CCC(CC1CC1)NS(=O)(=O)CC(N)=S. The van der Waals surface area contributed by atoms with E-state index in [0.29, 0.717) is 5.92 Å². The molecule has 15 heavy (non-hydrogen) atoms. The van der Waals surface area contributed by atoms with Crippen LogP contribution in [0.5, 0.6) is 0 Å². The summed E-state index contributed by atoms with van der Waals surface area (Å²) in [5, 5.41) is 0. The number of rotatable bonds is 7. The molecule has 1 aliphatic rings. The Morgan fingerprint density at radius 3 is 2.60 bits per heavy atom. The minimum Gasteiger partial charge on any atom is -0.392 e. The predicted octanol–water partition coefficient (Wildman–Crippen LogP) is 0.771. The van der Waals surface area contributed by atoms with Gasteiger partial charge in [0.1, 0.15) is 5.75 Å². The lowest BCUT2D eigenvalue weighted by molar-refractivity contribution is 0.497. The van der Waals surface area contributed by atoms with Crippen LogP contribution in [0.3, 0.4) is 0 Å². The van der Waals surface area contributed by atoms with Gasteiger partial charge in [0.15, 0.2) is 0 Å². The quantitative estimate of drug-likeness (QED) is 0.655. The van der Waals surface area contributed by atoms with E-state index in [0.717, 1.165) is 12.8 Å². The van der Waals surface area contributed by atoms with Crippen LogP contribution >= 0.6 is 12.2 Å². The first-order valence-corrected chi connectivity index (χ1v) is 7.27. The van der Waals surface area contributed by atoms with Gasteiger partial charge in [0, 0.05) is 6.04 Å². The van der Waals surface area contributed by atoms with Crippen molar-refractivity contribution < 1.29 is 8.42 Å². The minimum absolute atomic E-state index is 0.0174. The molecule has 1 rings (SSSR count). The highest BCUT2D eigenvalue weighted by Gasteiger charge is 2.27. The maximum Gasteiger partial charge on any atom is 0.218 e. The van der Waals surface area contributed by atoms with Crippen LogP contribution in [-0.4, -0.2) is 25.2 Å². The molecule has 1 aliphatic carbocycles. The molecular weight excluding hydrogens is 232 g/mol. The summed E-state index contributed by atoms with van der Waals surface area (Å²) < 4.78 is 25.7. The van der Waals surface area contributed by atoms with Crippen LogP contribution in [0.4, 0.5) is 0 Å². The molecule has 0 saturated heterocycles. The van der Waals surface area contributed by atoms with E-state index >= 15 is 0 Å². The summed E-state index contributed by atoms with van der Waals surface area (Å²) in [6.07, 6.45) is 4.21. The summed E-state index contributed by atoms with van der Waals surface area (Å²) in [7, 11) is -3.33. The highest BCUT2D eigenvalue weighted by molar-refractivity contribution is 7.92. The molecule has 0 spiro atoms. The summed E-state index contributed by atoms with van der Waals surface area (Å²) in [6, 6.07) is 0.0387. The van der Waals surface area contributed by atoms with E-state index in [2.05, 4.69) is 16.9 Å². The Kier molecular flexibility index (Phi) is 4.48. The van der Waals surface area contributed by atoms with E-state index in [1.807, 2.05) is 6.92 Å². The number of hydrogen-bond acceptors (Lipinski definition) is 3. The first kappa shape index (κ1) is 12.9. The van der Waals surface area contributed by atoms with Crippen molar-refractivity contribution in [3.8, 4) is 0 Å². The number of nitrogens with one attached hydrogen (secondary N) is 1. The van der Waals surface area contributed by atoms with Crippen LogP contribution in [0.25, 0.3) is 0 Å². The number of hydrogen-bond donors (Lipinski definition) is 2. The van der Waals surface area contributed by atoms with Crippen LogP contribution in [0, 0.1) is 5.92 Å². The first-order chi connectivity index (χ1) is 6.93. The smallest absolute Gasteiger partial charge is 0.218 e. The van der Waals surface area contributed by atoms with Gasteiger partial charge in [-0.05, 0) is 18.8 Å². The van der Waals surface area contributed by atoms with Gasteiger partial charge in [-0.25, -0.2) is 13.1 Å². The number of sulfonamides is 1. The van der Waals surface area contributed by atoms with E-state index in [9.17, 15) is 8.42 Å². The molecule has 0 amide bonds. The van der Waals surface area contributed by atoms with Crippen molar-refractivity contribution in [1.82, 2.24) is 4.72 Å². The van der Waals surface area contributed by atoms with E-state index in [4.69, 9.17) is 5.73 Å². The zero-order valence-corrected chi connectivity index (χ0v) is 10.5. The van der Waals surface area contributed by atoms with Gasteiger partial charge < -0.3 is 5.73 Å². The third-order valence-electron chi connectivity index (χ3n) is 2.49. The van der Waals surface area contributed by atoms with Gasteiger partial charge in [-0.15, -0.1) is 0 Å². The van der Waals surface area contributed by atoms with Crippen molar-refractivity contribution >= 4 is 27.2 Å². The molecule has 4 nitrogen and oxygen atoms in total. The molecule has 3 N–H and O–H groups in total. The van der Waals surface area contributed by atoms with Crippen molar-refractivity contribution in [2.45, 2.75) is 38.6 Å². The molecule has 1 atom stereocenters. The zero-order valence-electron chi connectivity index (χ0n) is 8.90. The number of thiocarbonyl (C=S) groups is 1. The normalized spacial score (nSPS) is 18.7. The molecule has 0 aromatic heterocycles. The molecule has 0 aromatic rings. The molecule has 0 radical (unpaired) electrons. The highest BCUT2D eigenvalue weighted by atomic mass is 32.2. The Morgan fingerprint density at radius 2 is 2.20 bits per heavy atom. The Bertz CT molecular complexity index is 323. The van der Waals surface area contributed by atoms with Crippen molar-refractivity contribution in [2.24, 2.45) is 11.7 Å². The second-order valence-electron chi connectivity index (χ2n) is 4.13. The molecule has 0 aliphatic heterocycles.